The highest BCUT2D eigenvalue weighted by molar-refractivity contribution is 6.35. The molecule has 1 heterocycles. The number of nitrogens with zero attached hydrogens (tertiary/aromatic N) is 3. The molecule has 0 amide bonds. The van der Waals surface area contributed by atoms with Crippen molar-refractivity contribution in [1.29, 1.82) is 5.26 Å². The molecule has 2 aromatic rings. The van der Waals surface area contributed by atoms with Crippen LogP contribution < -0.4 is 5.73 Å². The molecule has 0 aliphatic carbocycles. The fraction of sp³-hybridized carbons (Fsp3) is 0. The molecule has 0 saturated carbocycles. The van der Waals surface area contributed by atoms with E-state index in [1.165, 1.54) is 10.9 Å². The number of nitriles is 1. The van der Waals surface area contributed by atoms with E-state index in [1.807, 2.05) is 6.07 Å². The van der Waals surface area contributed by atoms with Crippen molar-refractivity contribution in [1.82, 2.24) is 9.78 Å². The molecular weight excluding hydrogens is 247 g/mol. The second-order valence-corrected chi connectivity index (χ2v) is 3.91. The number of aromatic nitrogens is 2. The molecule has 0 fully saturated rings. The zero-order valence-electron chi connectivity index (χ0n) is 7.98. The van der Waals surface area contributed by atoms with E-state index in [1.54, 1.807) is 18.2 Å². The molecule has 0 radical (unpaired) electrons. The summed E-state index contributed by atoms with van der Waals surface area (Å²) in [7, 11) is 0. The molecule has 6 heteroatoms. The second kappa shape index (κ2) is 4.05. The molecule has 0 aliphatic heterocycles. The molecule has 0 unspecified atom stereocenters. The van der Waals surface area contributed by atoms with Gasteiger partial charge >= 0.3 is 0 Å². The van der Waals surface area contributed by atoms with Crippen LogP contribution in [-0.2, 0) is 0 Å². The number of hydrogen-bond acceptors (Lipinski definition) is 3. The van der Waals surface area contributed by atoms with Crippen LogP contribution in [0.1, 0.15) is 5.56 Å². The van der Waals surface area contributed by atoms with Crippen molar-refractivity contribution in [3.8, 4) is 11.8 Å². The molecule has 2 N–H and O–H groups in total. The van der Waals surface area contributed by atoms with E-state index in [-0.39, 0.29) is 5.82 Å². The third kappa shape index (κ3) is 1.71. The third-order valence-electron chi connectivity index (χ3n) is 2.06. The SMILES string of the molecule is N#Cc1cnn(-c2ccc(Cl)cc2Cl)c1N. The van der Waals surface area contributed by atoms with Crippen LogP contribution in [0.3, 0.4) is 0 Å². The fourth-order valence-electron chi connectivity index (χ4n) is 1.29. The first-order valence-electron chi connectivity index (χ1n) is 4.32. The molecule has 0 saturated heterocycles. The first-order valence-corrected chi connectivity index (χ1v) is 5.08. The Labute approximate surface area is 102 Å². The smallest absolute Gasteiger partial charge is 0.145 e. The Hall–Kier alpha value is -1.70. The highest BCUT2D eigenvalue weighted by atomic mass is 35.5. The minimum Gasteiger partial charge on any atom is -0.382 e. The Morgan fingerprint density at radius 3 is 2.69 bits per heavy atom. The van der Waals surface area contributed by atoms with Gasteiger partial charge in [0, 0.05) is 5.02 Å². The largest absolute Gasteiger partial charge is 0.382 e. The Morgan fingerprint density at radius 1 is 1.38 bits per heavy atom. The molecule has 0 atom stereocenters. The first kappa shape index (κ1) is 10.8. The van der Waals surface area contributed by atoms with Gasteiger partial charge in [-0.1, -0.05) is 23.2 Å². The molecule has 0 spiro atoms. The van der Waals surface area contributed by atoms with Crippen LogP contribution in [0, 0.1) is 11.3 Å². The van der Waals surface area contributed by atoms with Crippen LogP contribution in [0.15, 0.2) is 24.4 Å². The van der Waals surface area contributed by atoms with E-state index in [0.29, 0.717) is 21.3 Å². The average molecular weight is 253 g/mol. The van der Waals surface area contributed by atoms with Crippen molar-refractivity contribution in [2.45, 2.75) is 0 Å². The van der Waals surface area contributed by atoms with Gasteiger partial charge in [0.05, 0.1) is 16.9 Å². The van der Waals surface area contributed by atoms with Crippen LogP contribution in [-0.4, -0.2) is 9.78 Å². The van der Waals surface area contributed by atoms with E-state index in [4.69, 9.17) is 34.2 Å². The van der Waals surface area contributed by atoms with Crippen molar-refractivity contribution < 1.29 is 0 Å². The lowest BCUT2D eigenvalue weighted by Crippen LogP contribution is -2.03. The summed E-state index contributed by atoms with van der Waals surface area (Å²) in [5.41, 5.74) is 6.64. The fourth-order valence-corrected chi connectivity index (χ4v) is 1.78. The maximum atomic E-state index is 8.75. The first-order chi connectivity index (χ1) is 7.63. The monoisotopic (exact) mass is 252 g/mol. The lowest BCUT2D eigenvalue weighted by molar-refractivity contribution is 0.891. The maximum absolute atomic E-state index is 8.75. The highest BCUT2D eigenvalue weighted by Crippen LogP contribution is 2.26. The van der Waals surface area contributed by atoms with Crippen LogP contribution in [0.25, 0.3) is 5.69 Å². The van der Waals surface area contributed by atoms with Gasteiger partial charge in [-0.3, -0.25) is 0 Å². The van der Waals surface area contributed by atoms with Crippen molar-refractivity contribution in [3.63, 3.8) is 0 Å². The number of rotatable bonds is 1. The maximum Gasteiger partial charge on any atom is 0.145 e. The molecule has 16 heavy (non-hydrogen) atoms. The quantitative estimate of drug-likeness (QED) is 0.849. The molecule has 1 aromatic heterocycles. The van der Waals surface area contributed by atoms with Crippen molar-refractivity contribution >= 4 is 29.0 Å². The Morgan fingerprint density at radius 2 is 2.12 bits per heavy atom. The second-order valence-electron chi connectivity index (χ2n) is 3.06. The number of nitrogens with two attached hydrogens (primary N) is 1. The lowest BCUT2D eigenvalue weighted by Gasteiger charge is -2.06. The summed E-state index contributed by atoms with van der Waals surface area (Å²) in [5, 5.41) is 13.7. The third-order valence-corrected chi connectivity index (χ3v) is 2.60. The zero-order valence-corrected chi connectivity index (χ0v) is 9.50. The average Bonchev–Trinajstić information content (AvgIpc) is 2.60. The van der Waals surface area contributed by atoms with Crippen molar-refractivity contribution in [2.24, 2.45) is 0 Å². The van der Waals surface area contributed by atoms with Crippen LogP contribution in [0.2, 0.25) is 10.0 Å². The molecule has 1 aromatic carbocycles. The van der Waals surface area contributed by atoms with E-state index >= 15 is 0 Å². The van der Waals surface area contributed by atoms with Gasteiger partial charge in [-0.25, -0.2) is 4.68 Å². The summed E-state index contributed by atoms with van der Waals surface area (Å²) in [6.07, 6.45) is 1.39. The zero-order chi connectivity index (χ0) is 11.7. The van der Waals surface area contributed by atoms with E-state index in [0.717, 1.165) is 0 Å². The minimum atomic E-state index is 0.256. The van der Waals surface area contributed by atoms with Gasteiger partial charge in [0.1, 0.15) is 17.5 Å². The van der Waals surface area contributed by atoms with Gasteiger partial charge < -0.3 is 5.73 Å². The molecule has 4 nitrogen and oxygen atoms in total. The standard InChI is InChI=1S/C10H6Cl2N4/c11-7-1-2-9(8(12)3-7)16-10(14)6(4-13)5-15-16/h1-3,5H,14H2. The number of nitrogen functional groups attached to an aromatic ring is 1. The summed E-state index contributed by atoms with van der Waals surface area (Å²) < 4.78 is 1.40. The number of benzene rings is 1. The topological polar surface area (TPSA) is 67.6 Å². The predicted molar refractivity (Wildman–Crippen MR) is 62.7 cm³/mol. The number of hydrogen-bond donors (Lipinski definition) is 1. The Kier molecular flexibility index (Phi) is 2.73. The predicted octanol–water partition coefficient (Wildman–Crippen LogP) is 2.63. The van der Waals surface area contributed by atoms with Crippen LogP contribution >= 0.6 is 23.2 Å². The molecule has 2 rings (SSSR count). The van der Waals surface area contributed by atoms with E-state index in [9.17, 15) is 0 Å². The lowest BCUT2D eigenvalue weighted by atomic mass is 10.3. The summed E-state index contributed by atoms with van der Waals surface area (Å²) in [5.74, 6) is 0.256. The minimum absolute atomic E-state index is 0.256. The van der Waals surface area contributed by atoms with Crippen molar-refractivity contribution in [3.05, 3.63) is 40.0 Å². The van der Waals surface area contributed by atoms with Gasteiger partial charge in [-0.05, 0) is 18.2 Å². The van der Waals surface area contributed by atoms with Gasteiger partial charge in [-0.2, -0.15) is 10.4 Å². The molecule has 80 valence electrons. The number of halogens is 2. The number of anilines is 1. The molecule has 0 aliphatic rings. The summed E-state index contributed by atoms with van der Waals surface area (Å²) in [6, 6.07) is 6.89. The van der Waals surface area contributed by atoms with Gasteiger partial charge in [0.15, 0.2) is 0 Å². The molecule has 0 bridgehead atoms. The summed E-state index contributed by atoms with van der Waals surface area (Å²) in [4.78, 5) is 0. The van der Waals surface area contributed by atoms with Gasteiger partial charge in [0.2, 0.25) is 0 Å². The molecular formula is C10H6Cl2N4. The summed E-state index contributed by atoms with van der Waals surface area (Å²) >= 11 is 11.8. The van der Waals surface area contributed by atoms with Crippen LogP contribution in [0.5, 0.6) is 0 Å². The Balaban J connectivity index is 2.60. The van der Waals surface area contributed by atoms with Crippen molar-refractivity contribution in [2.75, 3.05) is 5.73 Å². The van der Waals surface area contributed by atoms with Gasteiger partial charge in [0.25, 0.3) is 0 Å². The van der Waals surface area contributed by atoms with Crippen LogP contribution in [0.4, 0.5) is 5.82 Å². The Bertz CT molecular complexity index is 583. The normalized spacial score (nSPS) is 10.1. The van der Waals surface area contributed by atoms with E-state index < -0.39 is 0 Å². The highest BCUT2D eigenvalue weighted by Gasteiger charge is 2.11. The van der Waals surface area contributed by atoms with Gasteiger partial charge in [-0.15, -0.1) is 0 Å². The van der Waals surface area contributed by atoms with E-state index in [2.05, 4.69) is 5.10 Å². The summed E-state index contributed by atoms with van der Waals surface area (Å²) in [6.45, 7) is 0.